The highest BCUT2D eigenvalue weighted by molar-refractivity contribution is 5.86. The number of hydrogen-bond acceptors (Lipinski definition) is 2. The van der Waals surface area contributed by atoms with E-state index in [1.165, 1.54) is 0 Å². The number of rotatable bonds is 6. The van der Waals surface area contributed by atoms with E-state index in [4.69, 9.17) is 5.11 Å². The minimum atomic E-state index is -0.833. The third kappa shape index (κ3) is 4.55. The number of carboxylic acid groups (broad SMARTS) is 1. The minimum absolute atomic E-state index is 0.429. The first kappa shape index (κ1) is 12.0. The molecular formula is C10H19NO2. The summed E-state index contributed by atoms with van der Waals surface area (Å²) in [5.74, 6) is -0.833. The van der Waals surface area contributed by atoms with E-state index in [0.717, 1.165) is 31.4 Å². The van der Waals surface area contributed by atoms with Crippen LogP contribution in [-0.4, -0.2) is 18.1 Å². The van der Waals surface area contributed by atoms with Crippen LogP contribution in [0.2, 0.25) is 0 Å². The van der Waals surface area contributed by atoms with Crippen molar-refractivity contribution in [3.8, 4) is 0 Å². The molecule has 0 fully saturated rings. The summed E-state index contributed by atoms with van der Waals surface area (Å²) >= 11 is 0. The van der Waals surface area contributed by atoms with Crippen LogP contribution in [0.5, 0.6) is 0 Å². The zero-order chi connectivity index (χ0) is 10.3. The molecule has 0 unspecified atom stereocenters. The summed E-state index contributed by atoms with van der Waals surface area (Å²) in [5.41, 5.74) is 1.28. The van der Waals surface area contributed by atoms with Crippen molar-refractivity contribution in [1.29, 1.82) is 0 Å². The maximum absolute atomic E-state index is 10.6. The van der Waals surface area contributed by atoms with Crippen molar-refractivity contribution < 1.29 is 9.90 Å². The van der Waals surface area contributed by atoms with Crippen LogP contribution in [0.3, 0.4) is 0 Å². The molecular weight excluding hydrogens is 166 g/mol. The average molecular weight is 185 g/mol. The molecule has 3 nitrogen and oxygen atoms in total. The second-order valence-electron chi connectivity index (χ2n) is 3.12. The van der Waals surface area contributed by atoms with E-state index in [2.05, 4.69) is 12.2 Å². The Kier molecular flexibility index (Phi) is 6.02. The largest absolute Gasteiger partial charge is 0.478 e. The number of nitrogens with one attached hydrogen (secondary N) is 1. The van der Waals surface area contributed by atoms with E-state index in [9.17, 15) is 4.79 Å². The van der Waals surface area contributed by atoms with Gasteiger partial charge in [0.2, 0.25) is 0 Å². The molecule has 0 aromatic carbocycles. The quantitative estimate of drug-likeness (QED) is 0.492. The highest BCUT2D eigenvalue weighted by Crippen LogP contribution is 2.10. The van der Waals surface area contributed by atoms with Crippen LogP contribution < -0.4 is 5.32 Å². The first-order valence-electron chi connectivity index (χ1n) is 4.74. The van der Waals surface area contributed by atoms with Gasteiger partial charge < -0.3 is 10.4 Å². The lowest BCUT2D eigenvalue weighted by Crippen LogP contribution is -2.12. The third-order valence-corrected chi connectivity index (χ3v) is 2.11. The van der Waals surface area contributed by atoms with Crippen LogP contribution in [0.25, 0.3) is 0 Å². The van der Waals surface area contributed by atoms with Gasteiger partial charge in [0.1, 0.15) is 0 Å². The predicted molar refractivity (Wildman–Crippen MR) is 53.5 cm³/mol. The molecule has 0 aromatic rings. The molecule has 0 atom stereocenters. The van der Waals surface area contributed by atoms with Gasteiger partial charge >= 0.3 is 5.97 Å². The van der Waals surface area contributed by atoms with Crippen molar-refractivity contribution in [1.82, 2.24) is 5.32 Å². The Labute approximate surface area is 79.8 Å². The standard InChI is InChI=1S/C10H19NO2/c1-4-5-6-7-9(11-3)8(2)10(12)13/h11H,4-7H2,1-3H3,(H,12,13)/b9-8+. The lowest BCUT2D eigenvalue weighted by molar-refractivity contribution is -0.132. The van der Waals surface area contributed by atoms with Crippen molar-refractivity contribution >= 4 is 5.97 Å². The fourth-order valence-corrected chi connectivity index (χ4v) is 1.18. The Bertz CT molecular complexity index is 197. The van der Waals surface area contributed by atoms with E-state index in [0.29, 0.717) is 5.57 Å². The Morgan fingerprint density at radius 3 is 2.38 bits per heavy atom. The minimum Gasteiger partial charge on any atom is -0.478 e. The predicted octanol–water partition coefficient (Wildman–Crippen LogP) is 2.14. The van der Waals surface area contributed by atoms with Crippen molar-refractivity contribution in [2.45, 2.75) is 39.5 Å². The number of carboxylic acids is 1. The Morgan fingerprint density at radius 1 is 1.38 bits per heavy atom. The van der Waals surface area contributed by atoms with Gasteiger partial charge in [0, 0.05) is 12.7 Å². The van der Waals surface area contributed by atoms with Crippen LogP contribution in [0.4, 0.5) is 0 Å². The maximum Gasteiger partial charge on any atom is 0.333 e. The molecule has 0 aliphatic heterocycles. The zero-order valence-electron chi connectivity index (χ0n) is 8.68. The average Bonchev–Trinajstić information content (AvgIpc) is 2.11. The van der Waals surface area contributed by atoms with Gasteiger partial charge in [-0.15, -0.1) is 0 Å². The van der Waals surface area contributed by atoms with Crippen molar-refractivity contribution in [3.63, 3.8) is 0 Å². The fourth-order valence-electron chi connectivity index (χ4n) is 1.18. The lowest BCUT2D eigenvalue weighted by Gasteiger charge is -2.08. The van der Waals surface area contributed by atoms with Crippen molar-refractivity contribution in [2.75, 3.05) is 7.05 Å². The normalized spacial score (nSPS) is 12.2. The number of hydrogen-bond donors (Lipinski definition) is 2. The van der Waals surface area contributed by atoms with Gasteiger partial charge in [0.15, 0.2) is 0 Å². The second kappa shape index (κ2) is 6.52. The smallest absolute Gasteiger partial charge is 0.333 e. The van der Waals surface area contributed by atoms with Gasteiger partial charge in [-0.2, -0.15) is 0 Å². The van der Waals surface area contributed by atoms with Crippen molar-refractivity contribution in [3.05, 3.63) is 11.3 Å². The summed E-state index contributed by atoms with van der Waals surface area (Å²) in [6, 6.07) is 0. The molecule has 0 amide bonds. The molecule has 0 saturated carbocycles. The van der Waals surface area contributed by atoms with E-state index in [-0.39, 0.29) is 0 Å². The topological polar surface area (TPSA) is 49.3 Å². The van der Waals surface area contributed by atoms with Gasteiger partial charge in [0.25, 0.3) is 0 Å². The van der Waals surface area contributed by atoms with Gasteiger partial charge in [-0.1, -0.05) is 19.8 Å². The molecule has 3 heteroatoms. The van der Waals surface area contributed by atoms with Crippen molar-refractivity contribution in [2.24, 2.45) is 0 Å². The van der Waals surface area contributed by atoms with Gasteiger partial charge in [-0.3, -0.25) is 0 Å². The summed E-state index contributed by atoms with van der Waals surface area (Å²) in [5, 5.41) is 11.7. The second-order valence-corrected chi connectivity index (χ2v) is 3.12. The highest BCUT2D eigenvalue weighted by Gasteiger charge is 2.06. The molecule has 0 aromatic heterocycles. The van der Waals surface area contributed by atoms with Crippen LogP contribution in [-0.2, 0) is 4.79 Å². The lowest BCUT2D eigenvalue weighted by atomic mass is 10.1. The maximum atomic E-state index is 10.6. The van der Waals surface area contributed by atoms with Crippen LogP contribution in [0.15, 0.2) is 11.3 Å². The van der Waals surface area contributed by atoms with Crippen LogP contribution in [0, 0.1) is 0 Å². The molecule has 0 saturated heterocycles. The summed E-state index contributed by atoms with van der Waals surface area (Å²) in [7, 11) is 1.77. The van der Waals surface area contributed by atoms with Gasteiger partial charge in [0.05, 0.1) is 5.57 Å². The summed E-state index contributed by atoms with van der Waals surface area (Å²) < 4.78 is 0. The van der Waals surface area contributed by atoms with E-state index >= 15 is 0 Å². The first-order valence-corrected chi connectivity index (χ1v) is 4.74. The molecule has 13 heavy (non-hydrogen) atoms. The molecule has 0 aliphatic carbocycles. The van der Waals surface area contributed by atoms with E-state index in [1.54, 1.807) is 14.0 Å². The van der Waals surface area contributed by atoms with Gasteiger partial charge in [-0.05, 0) is 19.8 Å². The number of aliphatic carboxylic acids is 1. The molecule has 2 N–H and O–H groups in total. The zero-order valence-corrected chi connectivity index (χ0v) is 8.68. The summed E-state index contributed by atoms with van der Waals surface area (Å²) in [6.07, 6.45) is 4.20. The molecule has 76 valence electrons. The number of allylic oxidation sites excluding steroid dienone is 1. The molecule has 0 radical (unpaired) electrons. The highest BCUT2D eigenvalue weighted by atomic mass is 16.4. The van der Waals surface area contributed by atoms with E-state index in [1.807, 2.05) is 0 Å². The number of carbonyl (C=O) groups is 1. The Morgan fingerprint density at radius 2 is 2.00 bits per heavy atom. The van der Waals surface area contributed by atoms with Crippen LogP contribution >= 0.6 is 0 Å². The fraction of sp³-hybridized carbons (Fsp3) is 0.700. The molecule has 0 aliphatic rings. The third-order valence-electron chi connectivity index (χ3n) is 2.11. The summed E-state index contributed by atoms with van der Waals surface area (Å²) in [4.78, 5) is 10.6. The van der Waals surface area contributed by atoms with Crippen LogP contribution in [0.1, 0.15) is 39.5 Å². The monoisotopic (exact) mass is 185 g/mol. The van der Waals surface area contributed by atoms with E-state index < -0.39 is 5.97 Å². The number of unbranched alkanes of at least 4 members (excludes halogenated alkanes) is 2. The molecule has 0 spiro atoms. The summed E-state index contributed by atoms with van der Waals surface area (Å²) in [6.45, 7) is 3.77. The molecule has 0 bridgehead atoms. The SMILES string of the molecule is CCCCC/C(NC)=C(/C)C(=O)O. The molecule has 0 heterocycles. The Balaban J connectivity index is 4.15. The molecule has 0 rings (SSSR count). The van der Waals surface area contributed by atoms with Gasteiger partial charge in [-0.25, -0.2) is 4.79 Å². The first-order chi connectivity index (χ1) is 6.13. The Hall–Kier alpha value is -0.990.